The van der Waals surface area contributed by atoms with Crippen LogP contribution in [0.4, 0.5) is 4.39 Å². The van der Waals surface area contributed by atoms with Crippen molar-refractivity contribution in [2.24, 2.45) is 16.8 Å². The van der Waals surface area contributed by atoms with Crippen LogP contribution in [0.25, 0.3) is 0 Å². The van der Waals surface area contributed by atoms with Crippen molar-refractivity contribution in [1.82, 2.24) is 5.32 Å². The summed E-state index contributed by atoms with van der Waals surface area (Å²) in [5, 5.41) is 3.15. The van der Waals surface area contributed by atoms with Crippen LogP contribution in [0, 0.1) is 11.8 Å². The van der Waals surface area contributed by atoms with Crippen LogP contribution in [-0.4, -0.2) is 31.9 Å². The van der Waals surface area contributed by atoms with Gasteiger partial charge in [0.15, 0.2) is 0 Å². The van der Waals surface area contributed by atoms with E-state index >= 15 is 0 Å². The number of amidine groups is 1. The van der Waals surface area contributed by atoms with E-state index in [1.54, 1.807) is 7.05 Å². The maximum Gasteiger partial charge on any atom is 0.125 e. The molecule has 0 aliphatic heterocycles. The fourth-order valence-electron chi connectivity index (χ4n) is 2.18. The van der Waals surface area contributed by atoms with Crippen molar-refractivity contribution in [3.63, 3.8) is 0 Å². The van der Waals surface area contributed by atoms with Gasteiger partial charge in [-0.05, 0) is 19.8 Å². The van der Waals surface area contributed by atoms with Crippen molar-refractivity contribution < 1.29 is 9.18 Å². The quantitative estimate of drug-likeness (QED) is 0.440. The maximum absolute atomic E-state index is 12.8. The fraction of sp³-hybridized carbons (Fsp3) is 0.818. The van der Waals surface area contributed by atoms with Gasteiger partial charge in [-0.25, -0.2) is 0 Å². The van der Waals surface area contributed by atoms with E-state index in [0.29, 0.717) is 0 Å². The van der Waals surface area contributed by atoms with Crippen LogP contribution < -0.4 is 5.32 Å². The molecule has 0 radical (unpaired) electrons. The highest BCUT2D eigenvalue weighted by atomic mass is 19.1. The molecular weight excluding hydrogens is 195 g/mol. The SMILES string of the molecule is CN=C(C)NC1C(C=O)CCCC1CF. The molecule has 1 aliphatic rings. The van der Waals surface area contributed by atoms with Crippen LogP contribution in [0.1, 0.15) is 26.2 Å². The minimum atomic E-state index is -0.362. The van der Waals surface area contributed by atoms with Gasteiger partial charge in [0, 0.05) is 24.9 Å². The number of hydrogen-bond donors (Lipinski definition) is 1. The van der Waals surface area contributed by atoms with Gasteiger partial charge in [0.05, 0.1) is 12.5 Å². The number of aldehydes is 1. The third-order valence-electron chi connectivity index (χ3n) is 3.17. The first kappa shape index (κ1) is 12.1. The number of carbonyl (C=O) groups excluding carboxylic acids is 1. The Morgan fingerprint density at radius 3 is 2.87 bits per heavy atom. The average molecular weight is 214 g/mol. The first-order valence-corrected chi connectivity index (χ1v) is 5.44. The van der Waals surface area contributed by atoms with Crippen LogP contribution in [-0.2, 0) is 4.79 Å². The van der Waals surface area contributed by atoms with E-state index in [4.69, 9.17) is 0 Å². The Bertz CT molecular complexity index is 243. The summed E-state index contributed by atoms with van der Waals surface area (Å²) in [6.07, 6.45) is 3.60. The van der Waals surface area contributed by atoms with Crippen LogP contribution in [0.5, 0.6) is 0 Å². The number of rotatable bonds is 3. The number of hydrogen-bond acceptors (Lipinski definition) is 2. The molecule has 1 saturated carbocycles. The lowest BCUT2D eigenvalue weighted by Crippen LogP contribution is -2.48. The second kappa shape index (κ2) is 5.83. The number of nitrogens with zero attached hydrogens (tertiary/aromatic N) is 1. The zero-order chi connectivity index (χ0) is 11.3. The van der Waals surface area contributed by atoms with Crippen LogP contribution >= 0.6 is 0 Å². The Hall–Kier alpha value is -0.930. The number of halogens is 1. The lowest BCUT2D eigenvalue weighted by Gasteiger charge is -2.35. The molecule has 1 rings (SSSR count). The molecule has 86 valence electrons. The standard InChI is InChI=1S/C11H19FN2O/c1-8(13-2)14-11-9(6-12)4-3-5-10(11)7-15/h7,9-11H,3-6H2,1-2H3,(H,13,14). The molecule has 0 amide bonds. The molecule has 1 fully saturated rings. The summed E-state index contributed by atoms with van der Waals surface area (Å²) in [6.45, 7) is 1.48. The first-order valence-electron chi connectivity index (χ1n) is 5.44. The third kappa shape index (κ3) is 3.01. The largest absolute Gasteiger partial charge is 0.370 e. The lowest BCUT2D eigenvalue weighted by atomic mass is 9.78. The van der Waals surface area contributed by atoms with Gasteiger partial charge >= 0.3 is 0 Å². The van der Waals surface area contributed by atoms with E-state index in [-0.39, 0.29) is 24.6 Å². The predicted molar refractivity (Wildman–Crippen MR) is 58.8 cm³/mol. The normalized spacial score (nSPS) is 32.5. The molecule has 0 aromatic carbocycles. The summed E-state index contributed by atoms with van der Waals surface area (Å²) in [4.78, 5) is 14.9. The van der Waals surface area contributed by atoms with Crippen LogP contribution in [0.3, 0.4) is 0 Å². The second-order valence-electron chi connectivity index (χ2n) is 4.12. The van der Waals surface area contributed by atoms with Crippen molar-refractivity contribution in [1.29, 1.82) is 0 Å². The van der Waals surface area contributed by atoms with Gasteiger partial charge in [0.2, 0.25) is 0 Å². The molecule has 0 saturated heterocycles. The van der Waals surface area contributed by atoms with Gasteiger partial charge < -0.3 is 10.1 Å². The highest BCUT2D eigenvalue weighted by molar-refractivity contribution is 5.80. The number of nitrogens with one attached hydrogen (secondary N) is 1. The Labute approximate surface area is 90.2 Å². The maximum atomic E-state index is 12.8. The molecule has 15 heavy (non-hydrogen) atoms. The van der Waals surface area contributed by atoms with Crippen molar-refractivity contribution in [3.05, 3.63) is 0 Å². The van der Waals surface area contributed by atoms with Gasteiger partial charge in [0.25, 0.3) is 0 Å². The molecule has 0 aromatic heterocycles. The molecule has 0 bridgehead atoms. The smallest absolute Gasteiger partial charge is 0.125 e. The highest BCUT2D eigenvalue weighted by Crippen LogP contribution is 2.28. The summed E-state index contributed by atoms with van der Waals surface area (Å²) >= 11 is 0. The van der Waals surface area contributed by atoms with Crippen LogP contribution in [0.2, 0.25) is 0 Å². The topological polar surface area (TPSA) is 41.5 Å². The minimum Gasteiger partial charge on any atom is -0.370 e. The zero-order valence-corrected chi connectivity index (χ0v) is 9.37. The molecule has 1 N–H and O–H groups in total. The molecular formula is C11H19FN2O. The van der Waals surface area contributed by atoms with E-state index in [0.717, 1.165) is 31.4 Å². The summed E-state index contributed by atoms with van der Waals surface area (Å²) in [7, 11) is 1.69. The molecule has 3 nitrogen and oxygen atoms in total. The van der Waals surface area contributed by atoms with Gasteiger partial charge in [-0.2, -0.15) is 0 Å². The van der Waals surface area contributed by atoms with E-state index in [2.05, 4.69) is 10.3 Å². The Kier molecular flexibility index (Phi) is 4.72. The number of aliphatic imine (C=N–C) groups is 1. The Balaban J connectivity index is 2.70. The van der Waals surface area contributed by atoms with Crippen molar-refractivity contribution >= 4 is 12.1 Å². The van der Waals surface area contributed by atoms with Crippen LogP contribution in [0.15, 0.2) is 4.99 Å². The predicted octanol–water partition coefficient (Wildman–Crippen LogP) is 1.58. The molecule has 0 heterocycles. The number of alkyl halides is 1. The summed E-state index contributed by atoms with van der Waals surface area (Å²) in [5.41, 5.74) is 0. The summed E-state index contributed by atoms with van der Waals surface area (Å²) in [6, 6.07) is -0.0788. The molecule has 4 heteroatoms. The van der Waals surface area contributed by atoms with Gasteiger partial charge in [-0.3, -0.25) is 9.38 Å². The third-order valence-corrected chi connectivity index (χ3v) is 3.17. The molecule has 3 atom stereocenters. The lowest BCUT2D eigenvalue weighted by molar-refractivity contribution is -0.113. The summed E-state index contributed by atoms with van der Waals surface area (Å²) < 4.78 is 12.8. The minimum absolute atomic E-state index is 0.0503. The van der Waals surface area contributed by atoms with Crippen molar-refractivity contribution in [3.8, 4) is 0 Å². The molecule has 1 aliphatic carbocycles. The first-order chi connectivity index (χ1) is 7.22. The van der Waals surface area contributed by atoms with Gasteiger partial charge in [0.1, 0.15) is 6.29 Å². The van der Waals surface area contributed by atoms with E-state index in [1.165, 1.54) is 0 Å². The Morgan fingerprint density at radius 1 is 1.60 bits per heavy atom. The Morgan fingerprint density at radius 2 is 2.33 bits per heavy atom. The van der Waals surface area contributed by atoms with Crippen molar-refractivity contribution in [2.75, 3.05) is 13.7 Å². The molecule has 0 spiro atoms. The molecule has 3 unspecified atom stereocenters. The average Bonchev–Trinajstić information content (AvgIpc) is 2.29. The van der Waals surface area contributed by atoms with E-state index < -0.39 is 0 Å². The van der Waals surface area contributed by atoms with Gasteiger partial charge in [-0.15, -0.1) is 0 Å². The summed E-state index contributed by atoms with van der Waals surface area (Å²) in [5.74, 6) is 0.647. The van der Waals surface area contributed by atoms with Crippen molar-refractivity contribution in [2.45, 2.75) is 32.2 Å². The fourth-order valence-corrected chi connectivity index (χ4v) is 2.18. The second-order valence-corrected chi connectivity index (χ2v) is 4.12. The number of carbonyl (C=O) groups is 1. The zero-order valence-electron chi connectivity index (χ0n) is 9.37. The van der Waals surface area contributed by atoms with E-state index in [9.17, 15) is 9.18 Å². The monoisotopic (exact) mass is 214 g/mol. The molecule has 0 aromatic rings. The van der Waals surface area contributed by atoms with Gasteiger partial charge in [-0.1, -0.05) is 6.42 Å². The van der Waals surface area contributed by atoms with E-state index in [1.807, 2.05) is 6.92 Å². The highest BCUT2D eigenvalue weighted by Gasteiger charge is 2.33.